The van der Waals surface area contributed by atoms with Crippen LogP contribution < -0.4 is 10.6 Å². The number of benzene rings is 2. The van der Waals surface area contributed by atoms with Crippen LogP contribution in [0.15, 0.2) is 83.6 Å². The van der Waals surface area contributed by atoms with Gasteiger partial charge in [0.2, 0.25) is 0 Å². The van der Waals surface area contributed by atoms with Crippen LogP contribution in [0.2, 0.25) is 0 Å². The second kappa shape index (κ2) is 16.3. The average Bonchev–Trinajstić information content (AvgIpc) is 2.84. The summed E-state index contributed by atoms with van der Waals surface area (Å²) in [6.07, 6.45) is 3.84. The van der Waals surface area contributed by atoms with Crippen molar-refractivity contribution in [2.45, 2.75) is 46.0 Å². The minimum atomic E-state index is -0.809. The van der Waals surface area contributed by atoms with Crippen molar-refractivity contribution in [1.29, 1.82) is 5.26 Å². The lowest BCUT2D eigenvalue weighted by atomic mass is 9.97. The second-order valence-electron chi connectivity index (χ2n) is 7.85. The highest BCUT2D eigenvalue weighted by Crippen LogP contribution is 2.19. The standard InChI is InChI=1S/C22H31N3O2.C6H6/c1-5-21(24-4)20(16(2)14-23)10-7-11-25-15-17(3)19-9-6-8-18(12-19)13-22(26)27;1-2-4-6-5-3-1/h5-6,8-9,12,17,24-25H,7,10-11,13,15H2,1-4H3,(H,26,27);1-6H/b20-16+,21-5+;. The molecule has 0 aliphatic rings. The van der Waals surface area contributed by atoms with Crippen molar-refractivity contribution in [2.24, 2.45) is 0 Å². The predicted octanol–water partition coefficient (Wildman–Crippen LogP) is 5.44. The second-order valence-corrected chi connectivity index (χ2v) is 7.85. The van der Waals surface area contributed by atoms with Gasteiger partial charge in [0, 0.05) is 24.9 Å². The highest BCUT2D eigenvalue weighted by molar-refractivity contribution is 5.70. The van der Waals surface area contributed by atoms with Crippen molar-refractivity contribution < 1.29 is 9.90 Å². The number of aliphatic carboxylic acids is 1. The number of hydrogen-bond acceptors (Lipinski definition) is 4. The van der Waals surface area contributed by atoms with Crippen LogP contribution in [0.1, 0.15) is 50.7 Å². The number of nitriles is 1. The van der Waals surface area contributed by atoms with Crippen molar-refractivity contribution in [3.05, 3.63) is 94.7 Å². The average molecular weight is 448 g/mol. The van der Waals surface area contributed by atoms with Gasteiger partial charge in [-0.1, -0.05) is 73.7 Å². The smallest absolute Gasteiger partial charge is 0.307 e. The van der Waals surface area contributed by atoms with Crippen LogP contribution in [0.4, 0.5) is 0 Å². The fraction of sp³-hybridized carbons (Fsp3) is 0.357. The molecule has 1 unspecified atom stereocenters. The number of carboxylic acid groups (broad SMARTS) is 1. The Balaban J connectivity index is 0.000000779. The SMILES string of the molecule is C/C=C(NC)\C(CCCNCC(C)c1cccc(CC(=O)O)c1)=C(/C)C#N.c1ccccc1. The highest BCUT2D eigenvalue weighted by atomic mass is 16.4. The van der Waals surface area contributed by atoms with Gasteiger partial charge in [0.05, 0.1) is 12.5 Å². The van der Waals surface area contributed by atoms with Gasteiger partial charge in [-0.15, -0.1) is 0 Å². The molecule has 0 fully saturated rings. The van der Waals surface area contributed by atoms with E-state index in [4.69, 9.17) is 5.11 Å². The van der Waals surface area contributed by atoms with Gasteiger partial charge in [-0.05, 0) is 55.9 Å². The van der Waals surface area contributed by atoms with E-state index >= 15 is 0 Å². The lowest BCUT2D eigenvalue weighted by Gasteiger charge is -2.15. The zero-order valence-electron chi connectivity index (χ0n) is 20.3. The van der Waals surface area contributed by atoms with E-state index in [1.807, 2.05) is 87.6 Å². The van der Waals surface area contributed by atoms with Crippen molar-refractivity contribution in [1.82, 2.24) is 10.6 Å². The molecule has 2 aromatic rings. The van der Waals surface area contributed by atoms with Crippen molar-refractivity contribution >= 4 is 5.97 Å². The monoisotopic (exact) mass is 447 g/mol. The summed E-state index contributed by atoms with van der Waals surface area (Å²) in [4.78, 5) is 10.9. The summed E-state index contributed by atoms with van der Waals surface area (Å²) >= 11 is 0. The van der Waals surface area contributed by atoms with Gasteiger partial charge in [0.1, 0.15) is 0 Å². The first kappa shape index (κ1) is 27.7. The van der Waals surface area contributed by atoms with Gasteiger partial charge in [-0.3, -0.25) is 4.79 Å². The topological polar surface area (TPSA) is 85.2 Å². The molecule has 0 radical (unpaired) electrons. The Labute approximate surface area is 198 Å². The number of carbonyl (C=O) groups is 1. The lowest BCUT2D eigenvalue weighted by molar-refractivity contribution is -0.136. The molecular weight excluding hydrogens is 410 g/mol. The maximum absolute atomic E-state index is 10.9. The Morgan fingerprint density at radius 2 is 1.79 bits per heavy atom. The van der Waals surface area contributed by atoms with Gasteiger partial charge in [0.15, 0.2) is 0 Å². The number of rotatable bonds is 11. The molecule has 2 rings (SSSR count). The molecule has 176 valence electrons. The first-order chi connectivity index (χ1) is 15.9. The van der Waals surface area contributed by atoms with Crippen LogP contribution in [0.25, 0.3) is 0 Å². The summed E-state index contributed by atoms with van der Waals surface area (Å²) in [5, 5.41) is 24.8. The summed E-state index contributed by atoms with van der Waals surface area (Å²) in [7, 11) is 1.87. The fourth-order valence-electron chi connectivity index (χ4n) is 3.46. The minimum Gasteiger partial charge on any atom is -0.481 e. The third-order valence-corrected chi connectivity index (χ3v) is 5.28. The number of allylic oxidation sites excluding steroid dienone is 3. The molecule has 0 heterocycles. The van der Waals surface area contributed by atoms with Crippen molar-refractivity contribution in [3.63, 3.8) is 0 Å². The Hall–Kier alpha value is -3.36. The van der Waals surface area contributed by atoms with Gasteiger partial charge < -0.3 is 15.7 Å². The molecule has 0 aliphatic heterocycles. The molecule has 0 saturated heterocycles. The van der Waals surface area contributed by atoms with E-state index < -0.39 is 5.97 Å². The molecule has 0 amide bonds. The number of nitrogens with zero attached hydrogens (tertiary/aromatic N) is 1. The third-order valence-electron chi connectivity index (χ3n) is 5.28. The molecule has 5 heteroatoms. The van der Waals surface area contributed by atoms with E-state index in [1.54, 1.807) is 0 Å². The summed E-state index contributed by atoms with van der Waals surface area (Å²) in [6, 6.07) is 22.0. The van der Waals surface area contributed by atoms with Gasteiger partial charge in [0.25, 0.3) is 0 Å². The molecule has 0 bridgehead atoms. The number of carboxylic acids is 1. The zero-order chi connectivity index (χ0) is 24.5. The van der Waals surface area contributed by atoms with Crippen molar-refractivity contribution in [2.75, 3.05) is 20.1 Å². The van der Waals surface area contributed by atoms with E-state index in [-0.39, 0.29) is 6.42 Å². The molecule has 2 aromatic carbocycles. The van der Waals surface area contributed by atoms with Crippen LogP contribution in [0.3, 0.4) is 0 Å². The van der Waals surface area contributed by atoms with Crippen LogP contribution in [-0.2, 0) is 11.2 Å². The Bertz CT molecular complexity index is 916. The van der Waals surface area contributed by atoms with Crippen LogP contribution in [-0.4, -0.2) is 31.2 Å². The maximum Gasteiger partial charge on any atom is 0.307 e. The van der Waals surface area contributed by atoms with E-state index in [2.05, 4.69) is 23.6 Å². The predicted molar refractivity (Wildman–Crippen MR) is 136 cm³/mol. The van der Waals surface area contributed by atoms with Crippen LogP contribution in [0.5, 0.6) is 0 Å². The summed E-state index contributed by atoms with van der Waals surface area (Å²) in [5.74, 6) is -0.505. The molecule has 0 aromatic heterocycles. The minimum absolute atomic E-state index is 0.0556. The van der Waals surface area contributed by atoms with Gasteiger partial charge in [-0.25, -0.2) is 0 Å². The zero-order valence-corrected chi connectivity index (χ0v) is 20.3. The number of nitrogens with one attached hydrogen (secondary N) is 2. The molecule has 0 saturated carbocycles. The quantitative estimate of drug-likeness (QED) is 0.243. The van der Waals surface area contributed by atoms with E-state index in [9.17, 15) is 10.1 Å². The van der Waals surface area contributed by atoms with E-state index in [0.29, 0.717) is 5.92 Å². The van der Waals surface area contributed by atoms with E-state index in [0.717, 1.165) is 53.9 Å². The maximum atomic E-state index is 10.9. The fourth-order valence-corrected chi connectivity index (χ4v) is 3.46. The lowest BCUT2D eigenvalue weighted by Crippen LogP contribution is -2.22. The van der Waals surface area contributed by atoms with Gasteiger partial charge >= 0.3 is 5.97 Å². The molecule has 5 nitrogen and oxygen atoms in total. The molecule has 0 aliphatic carbocycles. The summed E-state index contributed by atoms with van der Waals surface area (Å²) in [6.45, 7) is 7.65. The van der Waals surface area contributed by atoms with Gasteiger partial charge in [-0.2, -0.15) is 5.26 Å². The first-order valence-corrected chi connectivity index (χ1v) is 11.4. The molecule has 0 spiro atoms. The van der Waals surface area contributed by atoms with Crippen molar-refractivity contribution in [3.8, 4) is 6.07 Å². The Morgan fingerprint density at radius 3 is 2.30 bits per heavy atom. The van der Waals surface area contributed by atoms with Crippen LogP contribution in [0, 0.1) is 11.3 Å². The number of hydrogen-bond donors (Lipinski definition) is 3. The summed E-state index contributed by atoms with van der Waals surface area (Å²) < 4.78 is 0. The Morgan fingerprint density at radius 1 is 1.15 bits per heavy atom. The molecule has 1 atom stereocenters. The molecule has 33 heavy (non-hydrogen) atoms. The number of likely N-dealkylation sites (N-methyl/N-ethyl adjacent to an activating group) is 1. The molecular formula is C28H37N3O2. The van der Waals surface area contributed by atoms with Crippen LogP contribution >= 0.6 is 0 Å². The molecule has 3 N–H and O–H groups in total. The van der Waals surface area contributed by atoms with E-state index in [1.165, 1.54) is 0 Å². The highest BCUT2D eigenvalue weighted by Gasteiger charge is 2.09. The largest absolute Gasteiger partial charge is 0.481 e. The normalized spacial score (nSPS) is 12.5. The summed E-state index contributed by atoms with van der Waals surface area (Å²) in [5.41, 5.74) is 4.81. The third kappa shape index (κ3) is 11.2. The Kier molecular flexibility index (Phi) is 13.7. The first-order valence-electron chi connectivity index (χ1n) is 11.4.